The summed E-state index contributed by atoms with van der Waals surface area (Å²) < 4.78 is 5.14. The summed E-state index contributed by atoms with van der Waals surface area (Å²) in [7, 11) is 0. The lowest BCUT2D eigenvalue weighted by Gasteiger charge is -2.34. The monoisotopic (exact) mass is 431 g/mol. The second-order valence-corrected chi connectivity index (χ2v) is 8.51. The molecule has 168 valence electrons. The predicted octanol–water partition coefficient (Wildman–Crippen LogP) is 2.63. The summed E-state index contributed by atoms with van der Waals surface area (Å²) >= 11 is 0. The Balaban J connectivity index is 1.96. The molecule has 1 unspecified atom stereocenters. The lowest BCUT2D eigenvalue weighted by Crippen LogP contribution is -2.45. The number of carbonyl (C=O) groups is 2. The number of nitro groups is 1. The SMILES string of the molecule is Cc1c(N2CCCC(C(=O)NCCNC(=O)OC(C)(C)C)C2)cc(C#N)cc1[N+](=O)[O-]. The summed E-state index contributed by atoms with van der Waals surface area (Å²) in [6, 6.07) is 4.87. The minimum atomic E-state index is -0.588. The highest BCUT2D eigenvalue weighted by molar-refractivity contribution is 5.80. The highest BCUT2D eigenvalue weighted by Crippen LogP contribution is 2.33. The molecule has 1 atom stereocenters. The Bertz CT molecular complexity index is 887. The Morgan fingerprint density at radius 1 is 1.32 bits per heavy atom. The number of nitrogens with one attached hydrogen (secondary N) is 2. The van der Waals surface area contributed by atoms with E-state index in [-0.39, 0.29) is 36.2 Å². The zero-order valence-electron chi connectivity index (χ0n) is 18.4. The van der Waals surface area contributed by atoms with E-state index >= 15 is 0 Å². The molecule has 1 aliphatic rings. The number of anilines is 1. The van der Waals surface area contributed by atoms with Gasteiger partial charge in [0.15, 0.2) is 0 Å². The maximum absolute atomic E-state index is 12.6. The summed E-state index contributed by atoms with van der Waals surface area (Å²) in [4.78, 5) is 37.0. The largest absolute Gasteiger partial charge is 0.444 e. The molecule has 2 N–H and O–H groups in total. The molecule has 0 aliphatic carbocycles. The lowest BCUT2D eigenvalue weighted by atomic mass is 9.95. The number of benzene rings is 1. The highest BCUT2D eigenvalue weighted by Gasteiger charge is 2.28. The minimum Gasteiger partial charge on any atom is -0.444 e. The average molecular weight is 431 g/mol. The van der Waals surface area contributed by atoms with Crippen LogP contribution in [0, 0.1) is 34.3 Å². The number of alkyl carbamates (subject to hydrolysis) is 1. The first-order valence-electron chi connectivity index (χ1n) is 10.2. The van der Waals surface area contributed by atoms with Gasteiger partial charge in [-0.15, -0.1) is 0 Å². The molecular weight excluding hydrogens is 402 g/mol. The topological polar surface area (TPSA) is 138 Å². The normalized spacial score (nSPS) is 16.2. The predicted molar refractivity (Wildman–Crippen MR) is 115 cm³/mol. The van der Waals surface area contributed by atoms with Gasteiger partial charge in [-0.2, -0.15) is 5.26 Å². The third-order valence-electron chi connectivity index (χ3n) is 4.90. The Labute approximate surface area is 181 Å². The average Bonchev–Trinajstić information content (AvgIpc) is 2.69. The number of rotatable bonds is 6. The molecule has 1 aromatic rings. The Morgan fingerprint density at radius 2 is 2.00 bits per heavy atom. The van der Waals surface area contributed by atoms with Gasteiger partial charge in [-0.25, -0.2) is 4.79 Å². The van der Waals surface area contributed by atoms with Crippen LogP contribution in [0.4, 0.5) is 16.2 Å². The van der Waals surface area contributed by atoms with E-state index < -0.39 is 16.6 Å². The van der Waals surface area contributed by atoms with E-state index in [0.29, 0.717) is 30.8 Å². The summed E-state index contributed by atoms with van der Waals surface area (Å²) in [5, 5.41) is 26.0. The van der Waals surface area contributed by atoms with Gasteiger partial charge in [-0.05, 0) is 46.6 Å². The first kappa shape index (κ1) is 23.9. The van der Waals surface area contributed by atoms with Crippen LogP contribution in [0.2, 0.25) is 0 Å². The van der Waals surface area contributed by atoms with Gasteiger partial charge in [-0.1, -0.05) is 0 Å². The third-order valence-corrected chi connectivity index (χ3v) is 4.90. The van der Waals surface area contributed by atoms with E-state index in [4.69, 9.17) is 4.74 Å². The summed E-state index contributed by atoms with van der Waals surface area (Å²) in [5.41, 5.74) is 0.608. The number of amides is 2. The summed E-state index contributed by atoms with van der Waals surface area (Å²) in [6.07, 6.45) is 0.902. The van der Waals surface area contributed by atoms with Gasteiger partial charge in [0.05, 0.1) is 28.0 Å². The molecule has 10 heteroatoms. The maximum atomic E-state index is 12.6. The van der Waals surface area contributed by atoms with Crippen molar-refractivity contribution in [2.45, 2.75) is 46.1 Å². The zero-order chi connectivity index (χ0) is 23.2. The second kappa shape index (κ2) is 10.1. The van der Waals surface area contributed by atoms with Crippen LogP contribution in [0.3, 0.4) is 0 Å². The van der Waals surface area contributed by atoms with Crippen molar-refractivity contribution in [2.75, 3.05) is 31.1 Å². The van der Waals surface area contributed by atoms with Crippen molar-refractivity contribution in [1.29, 1.82) is 5.26 Å². The zero-order valence-corrected chi connectivity index (χ0v) is 18.4. The highest BCUT2D eigenvalue weighted by atomic mass is 16.6. The van der Waals surface area contributed by atoms with Crippen LogP contribution in [0.5, 0.6) is 0 Å². The van der Waals surface area contributed by atoms with Crippen LogP contribution in [0.25, 0.3) is 0 Å². The van der Waals surface area contributed by atoms with Crippen LogP contribution in [0.15, 0.2) is 12.1 Å². The second-order valence-electron chi connectivity index (χ2n) is 8.51. The molecule has 0 radical (unpaired) electrons. The van der Waals surface area contributed by atoms with Crippen molar-refractivity contribution in [3.05, 3.63) is 33.4 Å². The van der Waals surface area contributed by atoms with Gasteiger partial charge in [0.25, 0.3) is 5.69 Å². The number of piperidine rings is 1. The van der Waals surface area contributed by atoms with Crippen molar-refractivity contribution in [2.24, 2.45) is 5.92 Å². The van der Waals surface area contributed by atoms with E-state index in [1.807, 2.05) is 11.0 Å². The van der Waals surface area contributed by atoms with Gasteiger partial charge in [0.2, 0.25) is 5.91 Å². The van der Waals surface area contributed by atoms with Gasteiger partial charge in [-0.3, -0.25) is 14.9 Å². The molecule has 1 aromatic carbocycles. The van der Waals surface area contributed by atoms with Crippen LogP contribution < -0.4 is 15.5 Å². The van der Waals surface area contributed by atoms with Crippen LogP contribution >= 0.6 is 0 Å². The Morgan fingerprint density at radius 3 is 2.61 bits per heavy atom. The quantitative estimate of drug-likeness (QED) is 0.401. The molecule has 2 amide bonds. The smallest absolute Gasteiger partial charge is 0.407 e. The third kappa shape index (κ3) is 6.84. The number of nitriles is 1. The first-order valence-corrected chi connectivity index (χ1v) is 10.2. The van der Waals surface area contributed by atoms with E-state index in [2.05, 4.69) is 10.6 Å². The van der Waals surface area contributed by atoms with Gasteiger partial charge < -0.3 is 20.3 Å². The fourth-order valence-corrected chi connectivity index (χ4v) is 3.49. The molecule has 1 aliphatic heterocycles. The van der Waals surface area contributed by atoms with Crippen molar-refractivity contribution in [1.82, 2.24) is 10.6 Å². The number of nitro benzene ring substituents is 1. The molecule has 31 heavy (non-hydrogen) atoms. The van der Waals surface area contributed by atoms with E-state index in [1.165, 1.54) is 6.07 Å². The van der Waals surface area contributed by atoms with Crippen molar-refractivity contribution in [3.63, 3.8) is 0 Å². The molecule has 2 rings (SSSR count). The molecule has 1 saturated heterocycles. The molecule has 10 nitrogen and oxygen atoms in total. The maximum Gasteiger partial charge on any atom is 0.407 e. The summed E-state index contributed by atoms with van der Waals surface area (Å²) in [5.74, 6) is -0.432. The number of carbonyl (C=O) groups excluding carboxylic acids is 2. The van der Waals surface area contributed by atoms with Crippen molar-refractivity contribution < 1.29 is 19.2 Å². The van der Waals surface area contributed by atoms with Crippen LogP contribution in [-0.4, -0.2) is 48.7 Å². The molecule has 0 aromatic heterocycles. The number of hydrogen-bond donors (Lipinski definition) is 2. The fraction of sp³-hybridized carbons (Fsp3) is 0.571. The molecular formula is C21H29N5O5. The van der Waals surface area contributed by atoms with Crippen LogP contribution in [0.1, 0.15) is 44.7 Å². The van der Waals surface area contributed by atoms with E-state index in [0.717, 1.165) is 6.42 Å². The molecule has 0 bridgehead atoms. The van der Waals surface area contributed by atoms with Gasteiger partial charge in [0.1, 0.15) is 5.60 Å². The van der Waals surface area contributed by atoms with E-state index in [9.17, 15) is 25.0 Å². The molecule has 0 saturated carbocycles. The van der Waals surface area contributed by atoms with Crippen LogP contribution in [-0.2, 0) is 9.53 Å². The first-order chi connectivity index (χ1) is 14.5. The Kier molecular flexibility index (Phi) is 7.80. The van der Waals surface area contributed by atoms with Gasteiger partial charge >= 0.3 is 6.09 Å². The molecule has 1 heterocycles. The Hall–Kier alpha value is -3.35. The molecule has 1 fully saturated rings. The number of nitrogens with zero attached hydrogens (tertiary/aromatic N) is 3. The summed E-state index contributed by atoms with van der Waals surface area (Å²) in [6.45, 7) is 8.52. The van der Waals surface area contributed by atoms with Gasteiger partial charge in [0, 0.05) is 37.9 Å². The molecule has 0 spiro atoms. The van der Waals surface area contributed by atoms with Crippen molar-refractivity contribution >= 4 is 23.4 Å². The lowest BCUT2D eigenvalue weighted by molar-refractivity contribution is -0.385. The fourth-order valence-electron chi connectivity index (χ4n) is 3.49. The van der Waals surface area contributed by atoms with E-state index in [1.54, 1.807) is 33.8 Å². The standard InChI is InChI=1S/C21H29N5O5/c1-14-17(10-15(12-22)11-18(14)26(29)30)25-9-5-6-16(13-25)19(27)23-7-8-24-20(28)31-21(2,3)4/h10-11,16H,5-9,13H2,1-4H3,(H,23,27)(H,24,28). The number of hydrogen-bond acceptors (Lipinski definition) is 7. The number of ether oxygens (including phenoxy) is 1. The minimum absolute atomic E-state index is 0.103. The van der Waals surface area contributed by atoms with Crippen molar-refractivity contribution in [3.8, 4) is 6.07 Å².